The fraction of sp³-hybridized carbons (Fsp3) is 0.500. The molecule has 1 aromatic rings. The Kier molecular flexibility index (Phi) is 6.08. The minimum Gasteiger partial charge on any atom is -0.468 e. The molecule has 0 fully saturated rings. The zero-order valence-electron chi connectivity index (χ0n) is 11.3. The van der Waals surface area contributed by atoms with E-state index in [-0.39, 0.29) is 5.88 Å². The summed E-state index contributed by atoms with van der Waals surface area (Å²) in [5, 5.41) is 5.93. The molecular formula is C12H17F3N4O. The van der Waals surface area contributed by atoms with E-state index >= 15 is 0 Å². The molecule has 1 rings (SSSR count). The first kappa shape index (κ1) is 16.1. The zero-order chi connectivity index (χ0) is 15.0. The van der Waals surface area contributed by atoms with Crippen LogP contribution >= 0.6 is 0 Å². The van der Waals surface area contributed by atoms with Crippen molar-refractivity contribution >= 4 is 5.96 Å². The first-order valence-corrected chi connectivity index (χ1v) is 5.97. The number of rotatable bonds is 5. The normalized spacial score (nSPS) is 12.2. The van der Waals surface area contributed by atoms with Crippen LogP contribution in [0.25, 0.3) is 0 Å². The van der Waals surface area contributed by atoms with Gasteiger partial charge in [-0.05, 0) is 12.0 Å². The Bertz CT molecular complexity index is 431. The standard InChI is InChI=1S/C12H17F3N4O/c1-16-11(17-2)18-6-5-9-3-4-10(19-7-9)20-8-12(13,14)15/h3-4,7H,5-6,8H2,1-2H3,(H2,16,17,18). The Morgan fingerprint density at radius 3 is 2.65 bits per heavy atom. The minimum atomic E-state index is -4.35. The summed E-state index contributed by atoms with van der Waals surface area (Å²) in [6, 6.07) is 3.11. The number of alkyl halides is 3. The number of hydrogen-bond acceptors (Lipinski definition) is 3. The van der Waals surface area contributed by atoms with Gasteiger partial charge in [0, 0.05) is 32.9 Å². The minimum absolute atomic E-state index is 0.0370. The number of pyridine rings is 1. The summed E-state index contributed by atoms with van der Waals surface area (Å²) in [6.07, 6.45) is -2.18. The summed E-state index contributed by atoms with van der Waals surface area (Å²) in [4.78, 5) is 7.78. The maximum Gasteiger partial charge on any atom is 0.422 e. The van der Waals surface area contributed by atoms with Gasteiger partial charge in [0.15, 0.2) is 12.6 Å². The van der Waals surface area contributed by atoms with Gasteiger partial charge in [0.2, 0.25) is 5.88 Å². The third-order valence-electron chi connectivity index (χ3n) is 2.35. The maximum atomic E-state index is 12.0. The van der Waals surface area contributed by atoms with Crippen LogP contribution in [-0.4, -0.2) is 44.4 Å². The molecule has 20 heavy (non-hydrogen) atoms. The molecule has 0 amide bonds. The molecular weight excluding hydrogens is 273 g/mol. The molecule has 0 aliphatic heterocycles. The van der Waals surface area contributed by atoms with Crippen LogP contribution in [0.1, 0.15) is 5.56 Å². The lowest BCUT2D eigenvalue weighted by Crippen LogP contribution is -2.35. The molecule has 0 saturated carbocycles. The van der Waals surface area contributed by atoms with E-state index in [2.05, 4.69) is 25.3 Å². The van der Waals surface area contributed by atoms with Crippen LogP contribution in [-0.2, 0) is 6.42 Å². The van der Waals surface area contributed by atoms with Crippen molar-refractivity contribution in [1.29, 1.82) is 0 Å². The highest BCUT2D eigenvalue weighted by atomic mass is 19.4. The second-order valence-corrected chi connectivity index (χ2v) is 3.91. The third kappa shape index (κ3) is 6.26. The highest BCUT2D eigenvalue weighted by molar-refractivity contribution is 5.79. The van der Waals surface area contributed by atoms with Crippen molar-refractivity contribution in [2.75, 3.05) is 27.2 Å². The Balaban J connectivity index is 2.39. The van der Waals surface area contributed by atoms with E-state index in [1.54, 1.807) is 20.2 Å². The lowest BCUT2D eigenvalue weighted by atomic mass is 10.2. The molecule has 0 bridgehead atoms. The van der Waals surface area contributed by atoms with Gasteiger partial charge in [-0.2, -0.15) is 13.2 Å². The SMILES string of the molecule is CN=C(NC)NCCc1ccc(OCC(F)(F)F)nc1. The topological polar surface area (TPSA) is 58.5 Å². The number of guanidine groups is 1. The second kappa shape index (κ2) is 7.56. The van der Waals surface area contributed by atoms with Crippen LogP contribution in [0.15, 0.2) is 23.3 Å². The van der Waals surface area contributed by atoms with Crippen molar-refractivity contribution in [2.24, 2.45) is 4.99 Å². The average Bonchev–Trinajstić information content (AvgIpc) is 2.42. The summed E-state index contributed by atoms with van der Waals surface area (Å²) in [6.45, 7) is -0.697. The van der Waals surface area contributed by atoms with Crippen LogP contribution in [0.4, 0.5) is 13.2 Å². The van der Waals surface area contributed by atoms with E-state index in [4.69, 9.17) is 0 Å². The summed E-state index contributed by atoms with van der Waals surface area (Å²) >= 11 is 0. The fourth-order valence-electron chi connectivity index (χ4n) is 1.40. The van der Waals surface area contributed by atoms with Crippen molar-refractivity contribution < 1.29 is 17.9 Å². The summed E-state index contributed by atoms with van der Waals surface area (Å²) in [5.41, 5.74) is 0.892. The first-order valence-electron chi connectivity index (χ1n) is 5.97. The number of nitrogens with one attached hydrogen (secondary N) is 2. The van der Waals surface area contributed by atoms with Crippen LogP contribution in [0.2, 0.25) is 0 Å². The average molecular weight is 290 g/mol. The molecule has 1 aromatic heterocycles. The predicted octanol–water partition coefficient (Wildman–Crippen LogP) is 1.36. The molecule has 0 atom stereocenters. The van der Waals surface area contributed by atoms with Gasteiger partial charge in [-0.25, -0.2) is 4.98 Å². The summed E-state index contributed by atoms with van der Waals surface area (Å²) in [7, 11) is 3.41. The monoisotopic (exact) mass is 290 g/mol. The lowest BCUT2D eigenvalue weighted by molar-refractivity contribution is -0.154. The largest absolute Gasteiger partial charge is 0.468 e. The Morgan fingerprint density at radius 1 is 1.40 bits per heavy atom. The second-order valence-electron chi connectivity index (χ2n) is 3.91. The van der Waals surface area contributed by atoms with E-state index in [9.17, 15) is 13.2 Å². The number of hydrogen-bond donors (Lipinski definition) is 2. The fourth-order valence-corrected chi connectivity index (χ4v) is 1.40. The van der Waals surface area contributed by atoms with E-state index in [0.29, 0.717) is 18.9 Å². The highest BCUT2D eigenvalue weighted by Gasteiger charge is 2.28. The van der Waals surface area contributed by atoms with Gasteiger partial charge in [-0.1, -0.05) is 6.07 Å². The Labute approximate surface area is 115 Å². The van der Waals surface area contributed by atoms with Gasteiger partial charge in [0.1, 0.15) is 0 Å². The lowest BCUT2D eigenvalue weighted by Gasteiger charge is -2.10. The molecule has 0 aromatic carbocycles. The number of aromatic nitrogens is 1. The highest BCUT2D eigenvalue weighted by Crippen LogP contribution is 2.16. The molecule has 8 heteroatoms. The predicted molar refractivity (Wildman–Crippen MR) is 69.9 cm³/mol. The van der Waals surface area contributed by atoms with Crippen molar-refractivity contribution in [1.82, 2.24) is 15.6 Å². The van der Waals surface area contributed by atoms with E-state index in [0.717, 1.165) is 5.56 Å². The molecule has 0 unspecified atom stereocenters. The van der Waals surface area contributed by atoms with Crippen LogP contribution in [0, 0.1) is 0 Å². The van der Waals surface area contributed by atoms with Gasteiger partial charge in [-0.15, -0.1) is 0 Å². The molecule has 0 aliphatic rings. The van der Waals surface area contributed by atoms with Crippen LogP contribution in [0.5, 0.6) is 5.88 Å². The third-order valence-corrected chi connectivity index (χ3v) is 2.35. The van der Waals surface area contributed by atoms with E-state index in [1.807, 2.05) is 0 Å². The summed E-state index contributed by atoms with van der Waals surface area (Å²) < 4.78 is 40.4. The first-order chi connectivity index (χ1) is 9.44. The number of ether oxygens (including phenoxy) is 1. The molecule has 0 spiro atoms. The van der Waals surface area contributed by atoms with Gasteiger partial charge in [-0.3, -0.25) is 4.99 Å². The maximum absolute atomic E-state index is 12.0. The number of halogens is 3. The molecule has 2 N–H and O–H groups in total. The molecule has 1 heterocycles. The van der Waals surface area contributed by atoms with Crippen molar-refractivity contribution in [3.8, 4) is 5.88 Å². The van der Waals surface area contributed by atoms with Gasteiger partial charge >= 0.3 is 6.18 Å². The smallest absolute Gasteiger partial charge is 0.422 e. The zero-order valence-corrected chi connectivity index (χ0v) is 11.3. The summed E-state index contributed by atoms with van der Waals surface area (Å²) in [5.74, 6) is 0.633. The van der Waals surface area contributed by atoms with Gasteiger partial charge in [0.05, 0.1) is 0 Å². The molecule has 112 valence electrons. The van der Waals surface area contributed by atoms with Gasteiger partial charge < -0.3 is 15.4 Å². The van der Waals surface area contributed by atoms with E-state index < -0.39 is 12.8 Å². The number of nitrogens with zero attached hydrogens (tertiary/aromatic N) is 2. The van der Waals surface area contributed by atoms with Crippen LogP contribution in [0.3, 0.4) is 0 Å². The Morgan fingerprint density at radius 2 is 2.15 bits per heavy atom. The van der Waals surface area contributed by atoms with Crippen molar-refractivity contribution in [2.45, 2.75) is 12.6 Å². The number of aliphatic imine (C=N–C) groups is 1. The molecule has 5 nitrogen and oxygen atoms in total. The Hall–Kier alpha value is -1.99. The quantitative estimate of drug-likeness (QED) is 0.635. The van der Waals surface area contributed by atoms with Crippen LogP contribution < -0.4 is 15.4 Å². The van der Waals surface area contributed by atoms with Crippen molar-refractivity contribution in [3.63, 3.8) is 0 Å². The molecule has 0 saturated heterocycles. The molecule has 0 aliphatic carbocycles. The molecule has 0 radical (unpaired) electrons. The van der Waals surface area contributed by atoms with E-state index in [1.165, 1.54) is 12.3 Å². The van der Waals surface area contributed by atoms with Crippen molar-refractivity contribution in [3.05, 3.63) is 23.9 Å². The van der Waals surface area contributed by atoms with Gasteiger partial charge in [0.25, 0.3) is 0 Å².